The monoisotopic (exact) mass is 1200 g/mol. The number of esters is 2. The van der Waals surface area contributed by atoms with E-state index in [9.17, 15) is 43.5 Å². The van der Waals surface area contributed by atoms with Gasteiger partial charge in [-0.3, -0.25) is 33.6 Å². The van der Waals surface area contributed by atoms with Crippen molar-refractivity contribution in [2.75, 3.05) is 61.2 Å². The SMILES string of the molecule is CCCC[C@H]1C(=O)N[C@@H](Cc2ccc3ccccc3c2)C(=O)N(C)[C@@H](COC(C)(C)C)C(=O)CCC(=O)N(C)CCC=CC(=O)OCC(C)(C)C(=O)C(=O)N2CCCC[C@H]2C(=O)O[C@H](CCc2ccc(OC)c(O)c2)c2cccc(c2)OCC(=O)N1C. The molecule has 2 bridgehead atoms. The molecule has 2 aliphatic rings. The van der Waals surface area contributed by atoms with Gasteiger partial charge in [-0.05, 0) is 131 Å². The van der Waals surface area contributed by atoms with Crippen LogP contribution < -0.4 is 14.8 Å². The van der Waals surface area contributed by atoms with Crippen molar-refractivity contribution in [2.45, 2.75) is 154 Å². The van der Waals surface area contributed by atoms with Gasteiger partial charge < -0.3 is 53.7 Å². The number of ketones is 2. The summed E-state index contributed by atoms with van der Waals surface area (Å²) in [5, 5.41) is 15.5. The first-order valence-corrected chi connectivity index (χ1v) is 30.0. The Labute approximate surface area is 510 Å². The summed E-state index contributed by atoms with van der Waals surface area (Å²) in [4.78, 5) is 133. The van der Waals surface area contributed by atoms with Gasteiger partial charge >= 0.3 is 11.9 Å². The minimum absolute atomic E-state index is 0.0153. The first kappa shape index (κ1) is 68.0. The number of phenols is 1. The van der Waals surface area contributed by atoms with Gasteiger partial charge in [0.1, 0.15) is 42.6 Å². The minimum atomic E-state index is -1.50. The van der Waals surface area contributed by atoms with E-state index >= 15 is 4.79 Å². The molecule has 0 spiro atoms. The number of aromatic hydroxyl groups is 1. The number of fused-ring (bicyclic) bond motifs is 4. The molecule has 0 saturated carbocycles. The molecule has 20 nitrogen and oxygen atoms in total. The van der Waals surface area contributed by atoms with E-state index in [1.54, 1.807) is 49.5 Å². The summed E-state index contributed by atoms with van der Waals surface area (Å²) in [6.45, 7) is 9.37. The summed E-state index contributed by atoms with van der Waals surface area (Å²) in [7, 11) is 5.95. The smallest absolute Gasteiger partial charge is 0.330 e. The Morgan fingerprint density at radius 1 is 0.770 bits per heavy atom. The Balaban J connectivity index is 1.35. The summed E-state index contributed by atoms with van der Waals surface area (Å²) in [6, 6.07) is 20.4. The van der Waals surface area contributed by atoms with Crippen LogP contribution in [0.3, 0.4) is 0 Å². The Kier molecular flexibility index (Phi) is 24.6. The van der Waals surface area contributed by atoms with Crippen molar-refractivity contribution >= 4 is 63.8 Å². The largest absolute Gasteiger partial charge is 0.504 e. The summed E-state index contributed by atoms with van der Waals surface area (Å²) < 4.78 is 29.3. The quantitative estimate of drug-likeness (QED) is 0.107. The third-order valence-corrected chi connectivity index (χ3v) is 15.8. The number of likely N-dealkylation sites (N-methyl/N-ethyl adjacent to an activating group) is 2. The van der Waals surface area contributed by atoms with E-state index in [2.05, 4.69) is 5.32 Å². The topological polar surface area (TPSA) is 245 Å². The second-order valence-electron chi connectivity index (χ2n) is 24.1. The van der Waals surface area contributed by atoms with E-state index in [0.29, 0.717) is 43.2 Å². The summed E-state index contributed by atoms with van der Waals surface area (Å²) in [6.07, 6.45) is 4.67. The van der Waals surface area contributed by atoms with Crippen LogP contribution in [-0.2, 0) is 70.2 Å². The zero-order valence-corrected chi connectivity index (χ0v) is 52.1. The van der Waals surface area contributed by atoms with Gasteiger partial charge in [-0.2, -0.15) is 0 Å². The predicted molar refractivity (Wildman–Crippen MR) is 326 cm³/mol. The van der Waals surface area contributed by atoms with Gasteiger partial charge in [0.25, 0.3) is 11.8 Å². The van der Waals surface area contributed by atoms with Crippen molar-refractivity contribution in [1.29, 1.82) is 0 Å². The molecule has 470 valence electrons. The number of rotatable bonds is 11. The molecule has 2 heterocycles. The van der Waals surface area contributed by atoms with E-state index in [4.69, 9.17) is 23.7 Å². The second kappa shape index (κ2) is 31.5. The summed E-state index contributed by atoms with van der Waals surface area (Å²) in [5.74, 6) is -5.55. The molecule has 2 N–H and O–H groups in total. The molecular weight excluding hydrogens is 1110 g/mol. The van der Waals surface area contributed by atoms with Gasteiger partial charge in [0.05, 0.1) is 24.7 Å². The molecule has 0 aliphatic carbocycles. The number of amides is 5. The number of nitrogens with zero attached hydrogens (tertiary/aromatic N) is 4. The Bertz CT molecular complexity index is 3130. The zero-order chi connectivity index (χ0) is 63.6. The van der Waals surface area contributed by atoms with Crippen molar-refractivity contribution in [3.63, 3.8) is 0 Å². The van der Waals surface area contributed by atoms with Gasteiger partial charge in [-0.1, -0.05) is 86.5 Å². The van der Waals surface area contributed by atoms with Crippen LogP contribution in [0.1, 0.15) is 129 Å². The Morgan fingerprint density at radius 2 is 1.51 bits per heavy atom. The highest BCUT2D eigenvalue weighted by Crippen LogP contribution is 2.33. The predicted octanol–water partition coefficient (Wildman–Crippen LogP) is 7.82. The normalized spacial score (nSPS) is 21.8. The number of methoxy groups -OCH3 is 1. The lowest BCUT2D eigenvalue weighted by atomic mass is 9.87. The number of Topliss-reactive ketones (excluding diaryl/α,β-unsaturated/α-hetero) is 2. The van der Waals surface area contributed by atoms with E-state index in [0.717, 1.165) is 22.4 Å². The minimum Gasteiger partial charge on any atom is -0.504 e. The number of carbonyl (C=O) groups excluding carboxylic acids is 9. The first-order chi connectivity index (χ1) is 41.3. The maximum absolute atomic E-state index is 15.1. The molecule has 0 unspecified atom stereocenters. The number of hydrogen-bond donors (Lipinski definition) is 2. The fourth-order valence-corrected chi connectivity index (χ4v) is 10.4. The molecule has 20 heteroatoms. The molecule has 87 heavy (non-hydrogen) atoms. The number of piperidine rings is 1. The lowest BCUT2D eigenvalue weighted by Gasteiger charge is -2.36. The van der Waals surface area contributed by atoms with Gasteiger partial charge in [0.2, 0.25) is 23.5 Å². The van der Waals surface area contributed by atoms with Crippen LogP contribution in [0, 0.1) is 5.41 Å². The standard InChI is InChI=1S/C67H87N5O15/c1-11-12-24-51-62(79)68-50(38-45-27-30-46-20-13-14-21-47(46)37-45)63(80)71(9)53(41-86-66(2,3)4)54(73)31-34-58(75)69(7)35-17-16-26-60(77)85-43-67(5,6)61(78)64(81)72-36-18-15-25-52(72)65(82)87-56(32-28-44-29-33-57(83-10)55(74)39-44)48-22-19-23-49(40-48)84-42-59(76)70(51)8/h13-14,16,19-23,26-27,29-30,33,37,39-40,50-53,56,74H,11-12,15,17-18,24-25,28,31-32,34-36,38,41-43H2,1-10H3,(H,68,79)/t50-,51-,52-,53-,56+/m0/s1. The van der Waals surface area contributed by atoms with Crippen LogP contribution in [0.25, 0.3) is 10.8 Å². The molecule has 5 amide bonds. The molecule has 5 atom stereocenters. The van der Waals surface area contributed by atoms with Crippen molar-refractivity contribution in [1.82, 2.24) is 24.9 Å². The van der Waals surface area contributed by atoms with Crippen molar-refractivity contribution in [3.05, 3.63) is 114 Å². The number of nitrogens with one attached hydrogen (secondary N) is 1. The third kappa shape index (κ3) is 19.4. The van der Waals surface area contributed by atoms with Crippen LogP contribution in [0.2, 0.25) is 0 Å². The number of aryl methyl sites for hydroxylation is 1. The van der Waals surface area contributed by atoms with E-state index in [1.165, 1.54) is 60.7 Å². The summed E-state index contributed by atoms with van der Waals surface area (Å²) >= 11 is 0. The molecule has 4 aromatic rings. The van der Waals surface area contributed by atoms with Crippen molar-refractivity contribution < 1.29 is 71.9 Å². The summed E-state index contributed by atoms with van der Waals surface area (Å²) in [5.41, 5.74) is -0.343. The fraction of sp³-hybridized carbons (Fsp3) is 0.507. The van der Waals surface area contributed by atoms with E-state index in [1.807, 2.05) is 70.2 Å². The second-order valence-corrected chi connectivity index (χ2v) is 24.1. The number of carbonyl (C=O) groups is 9. The lowest BCUT2D eigenvalue weighted by Crippen LogP contribution is -2.58. The molecule has 1 fully saturated rings. The number of benzene rings is 4. The number of phenolic OH excluding ortho intramolecular Hbond substituents is 1. The first-order valence-electron chi connectivity index (χ1n) is 30.0. The highest BCUT2D eigenvalue weighted by Gasteiger charge is 2.43. The number of cyclic esters (lactones) is 2. The maximum Gasteiger partial charge on any atom is 0.330 e. The zero-order valence-electron chi connectivity index (χ0n) is 52.1. The molecule has 6 rings (SSSR count). The highest BCUT2D eigenvalue weighted by atomic mass is 16.5. The van der Waals surface area contributed by atoms with Crippen molar-refractivity contribution in [3.8, 4) is 17.2 Å². The van der Waals surface area contributed by atoms with Gasteiger partial charge in [0, 0.05) is 59.6 Å². The van der Waals surface area contributed by atoms with Crippen LogP contribution in [0.4, 0.5) is 0 Å². The highest BCUT2D eigenvalue weighted by molar-refractivity contribution is 6.38. The average Bonchev–Trinajstić information content (AvgIpc) is 2.76. The van der Waals surface area contributed by atoms with Gasteiger partial charge in [-0.15, -0.1) is 0 Å². The molecule has 2 aliphatic heterocycles. The average molecular weight is 1200 g/mol. The number of unbranched alkanes of at least 4 members (excludes halogenated alkanes) is 1. The molecule has 4 aromatic carbocycles. The third-order valence-electron chi connectivity index (χ3n) is 15.8. The van der Waals surface area contributed by atoms with Crippen LogP contribution in [0.15, 0.2) is 97.1 Å². The molecule has 0 radical (unpaired) electrons. The molecule has 0 aromatic heterocycles. The van der Waals surface area contributed by atoms with Crippen molar-refractivity contribution in [2.24, 2.45) is 5.41 Å². The van der Waals surface area contributed by atoms with Gasteiger partial charge in [0.15, 0.2) is 23.9 Å². The van der Waals surface area contributed by atoms with Crippen LogP contribution >= 0.6 is 0 Å². The number of ether oxygens (including phenoxy) is 5. The fourth-order valence-electron chi connectivity index (χ4n) is 10.4. The van der Waals surface area contributed by atoms with Crippen LogP contribution in [-0.4, -0.2) is 169 Å². The maximum atomic E-state index is 15.1. The Hall–Kier alpha value is -8.13. The molecule has 1 saturated heterocycles. The Morgan fingerprint density at radius 3 is 2.22 bits per heavy atom. The van der Waals surface area contributed by atoms with E-state index in [-0.39, 0.29) is 87.8 Å². The molecular formula is C67H87N5O15. The number of hydrogen-bond acceptors (Lipinski definition) is 15. The van der Waals surface area contributed by atoms with E-state index < -0.39 is 102 Å². The van der Waals surface area contributed by atoms with Gasteiger partial charge in [-0.25, -0.2) is 9.59 Å². The lowest BCUT2D eigenvalue weighted by molar-refractivity contribution is -0.165. The van der Waals surface area contributed by atoms with Crippen LogP contribution in [0.5, 0.6) is 17.2 Å².